The Morgan fingerprint density at radius 1 is 1.57 bits per heavy atom. The van der Waals surface area contributed by atoms with Crippen LogP contribution in [0.25, 0.3) is 0 Å². The molecule has 14 heavy (non-hydrogen) atoms. The van der Waals surface area contributed by atoms with Crippen LogP contribution >= 0.6 is 11.6 Å². The third-order valence-electron chi connectivity index (χ3n) is 2.85. The highest BCUT2D eigenvalue weighted by molar-refractivity contribution is 6.25. The Morgan fingerprint density at radius 2 is 2.36 bits per heavy atom. The number of halogens is 1. The normalized spacial score (nSPS) is 29.9. The third-order valence-corrected chi connectivity index (χ3v) is 3.02. The van der Waals surface area contributed by atoms with Crippen LogP contribution in [0.15, 0.2) is 11.6 Å². The van der Waals surface area contributed by atoms with Gasteiger partial charge in [0.1, 0.15) is 0 Å². The average Bonchev–Trinajstić information content (AvgIpc) is 2.19. The van der Waals surface area contributed by atoms with Gasteiger partial charge in [0.15, 0.2) is 0 Å². The van der Waals surface area contributed by atoms with Gasteiger partial charge in [-0.2, -0.15) is 0 Å². The lowest BCUT2D eigenvalue weighted by molar-refractivity contribution is 0.152. The predicted molar refractivity (Wildman–Crippen MR) is 62.7 cm³/mol. The molecular weight excluding hydrogens is 196 g/mol. The van der Waals surface area contributed by atoms with Crippen LogP contribution in [0.1, 0.15) is 26.7 Å². The predicted octanol–water partition coefficient (Wildman–Crippen LogP) is 2.20. The molecule has 3 heteroatoms. The van der Waals surface area contributed by atoms with Crippen LogP contribution in [0.4, 0.5) is 0 Å². The van der Waals surface area contributed by atoms with E-state index in [1.54, 1.807) is 5.54 Å². The van der Waals surface area contributed by atoms with Gasteiger partial charge in [-0.05, 0) is 13.3 Å². The molecule has 0 bridgehead atoms. The van der Waals surface area contributed by atoms with Crippen LogP contribution < -0.4 is 5.32 Å². The molecule has 1 N–H and O–H groups in total. The highest BCUT2D eigenvalue weighted by Crippen LogP contribution is 2.10. The number of piperazine rings is 1. The van der Waals surface area contributed by atoms with Crippen molar-refractivity contribution in [3.63, 3.8) is 0 Å². The summed E-state index contributed by atoms with van der Waals surface area (Å²) < 4.78 is 0. The zero-order chi connectivity index (χ0) is 10.4. The summed E-state index contributed by atoms with van der Waals surface area (Å²) in [5, 5.41) is 3.58. The molecule has 1 aliphatic rings. The van der Waals surface area contributed by atoms with Crippen molar-refractivity contribution in [2.75, 3.05) is 19.6 Å². The van der Waals surface area contributed by atoms with E-state index in [-0.39, 0.29) is 0 Å². The zero-order valence-electron chi connectivity index (χ0n) is 9.17. The average molecular weight is 217 g/mol. The minimum Gasteiger partial charge on any atom is -0.311 e. The maximum Gasteiger partial charge on any atom is 0.0196 e. The van der Waals surface area contributed by atoms with Crippen molar-refractivity contribution < 1.29 is 0 Å². The molecule has 0 aromatic heterocycles. The number of nitrogens with zero attached hydrogens (tertiary/aromatic N) is 1. The highest BCUT2D eigenvalue weighted by Gasteiger charge is 2.22. The van der Waals surface area contributed by atoms with Gasteiger partial charge < -0.3 is 5.32 Å². The largest absolute Gasteiger partial charge is 0.311 e. The summed E-state index contributed by atoms with van der Waals surface area (Å²) in [4.78, 5) is 2.48. The fourth-order valence-electron chi connectivity index (χ4n) is 1.97. The smallest absolute Gasteiger partial charge is 0.0196 e. The maximum atomic E-state index is 5.54. The highest BCUT2D eigenvalue weighted by atomic mass is 35.5. The van der Waals surface area contributed by atoms with E-state index in [1.807, 2.05) is 6.08 Å². The standard InChI is InChI=1S/C11H21ClN2/c1-3-5-11-9-14(7-4-6-12)10(2)8-13-11/h4,6,10-11,13H,3,5,7-9H2,1-2H3/b6-4+. The molecule has 1 rings (SSSR count). The topological polar surface area (TPSA) is 15.3 Å². The van der Waals surface area contributed by atoms with E-state index < -0.39 is 0 Å². The molecule has 0 aromatic carbocycles. The first-order chi connectivity index (χ1) is 6.77. The molecule has 82 valence electrons. The van der Waals surface area contributed by atoms with E-state index in [0.717, 1.165) is 19.6 Å². The van der Waals surface area contributed by atoms with Gasteiger partial charge in [-0.1, -0.05) is 31.0 Å². The lowest BCUT2D eigenvalue weighted by atomic mass is 10.1. The Hall–Kier alpha value is -0.0500. The molecule has 2 unspecified atom stereocenters. The van der Waals surface area contributed by atoms with Crippen LogP contribution in [-0.4, -0.2) is 36.6 Å². The Labute approximate surface area is 92.3 Å². The summed E-state index contributed by atoms with van der Waals surface area (Å²) in [5.74, 6) is 0. The minimum absolute atomic E-state index is 0.621. The van der Waals surface area contributed by atoms with Gasteiger partial charge in [0.05, 0.1) is 0 Å². The first kappa shape index (κ1) is 12.0. The minimum atomic E-state index is 0.621. The molecule has 1 aliphatic heterocycles. The molecule has 0 radical (unpaired) electrons. The fourth-order valence-corrected chi connectivity index (χ4v) is 2.05. The molecule has 1 fully saturated rings. The van der Waals surface area contributed by atoms with E-state index >= 15 is 0 Å². The van der Waals surface area contributed by atoms with Gasteiger partial charge >= 0.3 is 0 Å². The van der Waals surface area contributed by atoms with Crippen LogP contribution in [-0.2, 0) is 0 Å². The van der Waals surface area contributed by atoms with Crippen molar-refractivity contribution in [2.24, 2.45) is 0 Å². The van der Waals surface area contributed by atoms with Gasteiger partial charge in [-0.15, -0.1) is 0 Å². The van der Waals surface area contributed by atoms with Crippen LogP contribution in [0.5, 0.6) is 0 Å². The summed E-state index contributed by atoms with van der Waals surface area (Å²) in [6.45, 7) is 7.73. The summed E-state index contributed by atoms with van der Waals surface area (Å²) >= 11 is 5.54. The van der Waals surface area contributed by atoms with E-state index in [9.17, 15) is 0 Å². The molecule has 0 aromatic rings. The Balaban J connectivity index is 2.38. The monoisotopic (exact) mass is 216 g/mol. The van der Waals surface area contributed by atoms with Crippen molar-refractivity contribution in [3.8, 4) is 0 Å². The van der Waals surface area contributed by atoms with Crippen LogP contribution in [0.2, 0.25) is 0 Å². The number of rotatable bonds is 4. The molecule has 0 saturated carbocycles. The summed E-state index contributed by atoms with van der Waals surface area (Å²) in [7, 11) is 0. The van der Waals surface area contributed by atoms with Crippen molar-refractivity contribution in [2.45, 2.75) is 38.8 Å². The molecule has 1 saturated heterocycles. The van der Waals surface area contributed by atoms with Crippen molar-refractivity contribution in [1.82, 2.24) is 10.2 Å². The Kier molecular flexibility index (Phi) is 5.53. The maximum absolute atomic E-state index is 5.54. The first-order valence-electron chi connectivity index (χ1n) is 5.50. The molecule has 0 aliphatic carbocycles. The van der Waals surface area contributed by atoms with E-state index in [4.69, 9.17) is 11.6 Å². The van der Waals surface area contributed by atoms with E-state index in [0.29, 0.717) is 12.1 Å². The van der Waals surface area contributed by atoms with Gasteiger partial charge in [-0.25, -0.2) is 0 Å². The fraction of sp³-hybridized carbons (Fsp3) is 0.818. The van der Waals surface area contributed by atoms with Gasteiger partial charge in [-0.3, -0.25) is 4.90 Å². The quantitative estimate of drug-likeness (QED) is 0.775. The number of hydrogen-bond donors (Lipinski definition) is 1. The molecular formula is C11H21ClN2. The molecule has 2 nitrogen and oxygen atoms in total. The lowest BCUT2D eigenvalue weighted by Gasteiger charge is -2.38. The SMILES string of the molecule is CCCC1CN(C/C=C/Cl)C(C)CN1. The second kappa shape index (κ2) is 6.44. The number of hydrogen-bond acceptors (Lipinski definition) is 2. The zero-order valence-corrected chi connectivity index (χ0v) is 9.93. The Morgan fingerprint density at radius 3 is 3.00 bits per heavy atom. The lowest BCUT2D eigenvalue weighted by Crippen LogP contribution is -2.55. The van der Waals surface area contributed by atoms with Crippen LogP contribution in [0.3, 0.4) is 0 Å². The van der Waals surface area contributed by atoms with Gasteiger partial charge in [0.2, 0.25) is 0 Å². The van der Waals surface area contributed by atoms with Crippen molar-refractivity contribution in [1.29, 1.82) is 0 Å². The van der Waals surface area contributed by atoms with E-state index in [2.05, 4.69) is 24.1 Å². The molecule has 0 amide bonds. The van der Waals surface area contributed by atoms with E-state index in [1.165, 1.54) is 12.8 Å². The molecule has 0 spiro atoms. The second-order valence-electron chi connectivity index (χ2n) is 4.06. The van der Waals surface area contributed by atoms with Gasteiger partial charge in [0, 0.05) is 37.3 Å². The molecule has 2 atom stereocenters. The summed E-state index contributed by atoms with van der Waals surface area (Å²) in [6.07, 6.45) is 4.55. The third kappa shape index (κ3) is 3.60. The van der Waals surface area contributed by atoms with Gasteiger partial charge in [0.25, 0.3) is 0 Å². The molecule has 1 heterocycles. The Bertz CT molecular complexity index is 182. The summed E-state index contributed by atoms with van der Waals surface area (Å²) in [5.41, 5.74) is 1.61. The van der Waals surface area contributed by atoms with Crippen LogP contribution in [0, 0.1) is 0 Å². The number of nitrogens with one attached hydrogen (secondary N) is 1. The second-order valence-corrected chi connectivity index (χ2v) is 4.31. The first-order valence-corrected chi connectivity index (χ1v) is 5.94. The van der Waals surface area contributed by atoms with Crippen molar-refractivity contribution >= 4 is 11.6 Å². The summed E-state index contributed by atoms with van der Waals surface area (Å²) in [6, 6.07) is 1.29. The van der Waals surface area contributed by atoms with Crippen molar-refractivity contribution in [3.05, 3.63) is 11.6 Å².